The maximum atomic E-state index is 10.8. The van der Waals surface area contributed by atoms with Crippen molar-refractivity contribution in [2.75, 3.05) is 6.54 Å². The highest BCUT2D eigenvalue weighted by molar-refractivity contribution is 5.81. The molecule has 0 fully saturated rings. The molecule has 0 bridgehead atoms. The first-order chi connectivity index (χ1) is 8.20. The SMILES string of the molecule is CCc1ccc2c(CCNC(C)=O)coc2c1. The summed E-state index contributed by atoms with van der Waals surface area (Å²) in [5, 5.41) is 3.94. The van der Waals surface area contributed by atoms with Crippen molar-refractivity contribution < 1.29 is 9.21 Å². The van der Waals surface area contributed by atoms with Gasteiger partial charge in [0.1, 0.15) is 5.58 Å². The largest absolute Gasteiger partial charge is 0.464 e. The van der Waals surface area contributed by atoms with Crippen LogP contribution in [-0.2, 0) is 17.6 Å². The predicted molar refractivity (Wildman–Crippen MR) is 68.0 cm³/mol. The van der Waals surface area contributed by atoms with Gasteiger partial charge in [-0.15, -0.1) is 0 Å². The van der Waals surface area contributed by atoms with Gasteiger partial charge in [0.2, 0.25) is 5.91 Å². The lowest BCUT2D eigenvalue weighted by molar-refractivity contribution is -0.118. The number of benzene rings is 1. The molecule has 17 heavy (non-hydrogen) atoms. The van der Waals surface area contributed by atoms with E-state index in [-0.39, 0.29) is 5.91 Å². The zero-order valence-electron chi connectivity index (χ0n) is 10.2. The normalized spacial score (nSPS) is 10.7. The average Bonchev–Trinajstić information content (AvgIpc) is 2.71. The maximum Gasteiger partial charge on any atom is 0.216 e. The highest BCUT2D eigenvalue weighted by atomic mass is 16.3. The summed E-state index contributed by atoms with van der Waals surface area (Å²) in [5.74, 6) is 0.00562. The van der Waals surface area contributed by atoms with Crippen LogP contribution in [0, 0.1) is 0 Å². The molecule has 0 radical (unpaired) electrons. The highest BCUT2D eigenvalue weighted by Gasteiger charge is 2.06. The minimum absolute atomic E-state index is 0.00562. The Bertz CT molecular complexity index is 528. The van der Waals surface area contributed by atoms with Crippen LogP contribution in [0.3, 0.4) is 0 Å². The molecule has 1 aromatic carbocycles. The summed E-state index contributed by atoms with van der Waals surface area (Å²) in [6.07, 6.45) is 3.60. The van der Waals surface area contributed by atoms with Crippen LogP contribution in [0.15, 0.2) is 28.9 Å². The van der Waals surface area contributed by atoms with Gasteiger partial charge in [0.05, 0.1) is 6.26 Å². The molecule has 0 atom stereocenters. The van der Waals surface area contributed by atoms with Gasteiger partial charge in [-0.05, 0) is 30.0 Å². The standard InChI is InChI=1S/C14H17NO2/c1-3-11-4-5-13-12(6-7-15-10(2)16)9-17-14(13)8-11/h4-5,8-9H,3,6-7H2,1-2H3,(H,15,16). The van der Waals surface area contributed by atoms with Gasteiger partial charge in [0, 0.05) is 18.9 Å². The van der Waals surface area contributed by atoms with Gasteiger partial charge in [-0.1, -0.05) is 19.1 Å². The third kappa shape index (κ3) is 2.67. The molecule has 0 aliphatic heterocycles. The fraction of sp³-hybridized carbons (Fsp3) is 0.357. The van der Waals surface area contributed by atoms with E-state index >= 15 is 0 Å². The molecule has 2 rings (SSSR count). The highest BCUT2D eigenvalue weighted by Crippen LogP contribution is 2.22. The van der Waals surface area contributed by atoms with Crippen LogP contribution in [-0.4, -0.2) is 12.5 Å². The molecular formula is C14H17NO2. The monoisotopic (exact) mass is 231 g/mol. The van der Waals surface area contributed by atoms with E-state index in [4.69, 9.17) is 4.42 Å². The Balaban J connectivity index is 2.16. The Morgan fingerprint density at radius 2 is 2.24 bits per heavy atom. The molecule has 3 heteroatoms. The average molecular weight is 231 g/mol. The zero-order chi connectivity index (χ0) is 12.3. The van der Waals surface area contributed by atoms with Crippen LogP contribution in [0.1, 0.15) is 25.0 Å². The third-order valence-corrected chi connectivity index (χ3v) is 2.90. The molecule has 1 N–H and O–H groups in total. The topological polar surface area (TPSA) is 42.2 Å². The first-order valence-electron chi connectivity index (χ1n) is 5.94. The Hall–Kier alpha value is -1.77. The number of carbonyl (C=O) groups excluding carboxylic acids is 1. The molecule has 0 saturated heterocycles. The lowest BCUT2D eigenvalue weighted by Crippen LogP contribution is -2.22. The zero-order valence-corrected chi connectivity index (χ0v) is 10.2. The molecule has 1 heterocycles. The molecule has 0 spiro atoms. The van der Waals surface area contributed by atoms with Gasteiger partial charge < -0.3 is 9.73 Å². The number of nitrogens with one attached hydrogen (secondary N) is 1. The molecule has 0 unspecified atom stereocenters. The maximum absolute atomic E-state index is 10.8. The van der Waals surface area contributed by atoms with E-state index in [1.54, 1.807) is 6.26 Å². The van der Waals surface area contributed by atoms with Crippen molar-refractivity contribution in [2.45, 2.75) is 26.7 Å². The second-order valence-electron chi connectivity index (χ2n) is 4.18. The van der Waals surface area contributed by atoms with E-state index in [0.717, 1.165) is 29.4 Å². The summed E-state index contributed by atoms with van der Waals surface area (Å²) < 4.78 is 5.54. The van der Waals surface area contributed by atoms with Crippen LogP contribution in [0.4, 0.5) is 0 Å². The number of hydrogen-bond donors (Lipinski definition) is 1. The lowest BCUT2D eigenvalue weighted by Gasteiger charge is -2.00. The summed E-state index contributed by atoms with van der Waals surface area (Å²) in [7, 11) is 0. The summed E-state index contributed by atoms with van der Waals surface area (Å²) >= 11 is 0. The number of furan rings is 1. The Kier molecular flexibility index (Phi) is 3.47. The van der Waals surface area contributed by atoms with Gasteiger partial charge in [-0.2, -0.15) is 0 Å². The fourth-order valence-electron chi connectivity index (χ4n) is 1.91. The molecule has 3 nitrogen and oxygen atoms in total. The minimum Gasteiger partial charge on any atom is -0.464 e. The summed E-state index contributed by atoms with van der Waals surface area (Å²) in [5.41, 5.74) is 3.36. The first-order valence-corrected chi connectivity index (χ1v) is 5.94. The van der Waals surface area contributed by atoms with Crippen molar-refractivity contribution >= 4 is 16.9 Å². The van der Waals surface area contributed by atoms with Gasteiger partial charge in [0.15, 0.2) is 0 Å². The van der Waals surface area contributed by atoms with Crippen LogP contribution in [0.2, 0.25) is 0 Å². The molecule has 90 valence electrons. The van der Waals surface area contributed by atoms with E-state index in [2.05, 4.69) is 30.4 Å². The van der Waals surface area contributed by atoms with Crippen LogP contribution in [0.5, 0.6) is 0 Å². The van der Waals surface area contributed by atoms with Gasteiger partial charge >= 0.3 is 0 Å². The number of amides is 1. The summed E-state index contributed by atoms with van der Waals surface area (Å²) in [6.45, 7) is 4.31. The second-order valence-corrected chi connectivity index (χ2v) is 4.18. The van der Waals surface area contributed by atoms with Crippen molar-refractivity contribution in [3.8, 4) is 0 Å². The minimum atomic E-state index is 0.00562. The van der Waals surface area contributed by atoms with Gasteiger partial charge in [-0.25, -0.2) is 0 Å². The van der Waals surface area contributed by atoms with Crippen molar-refractivity contribution in [3.63, 3.8) is 0 Å². The molecule has 1 aromatic heterocycles. The quantitative estimate of drug-likeness (QED) is 0.879. The Labute approximate surface area is 101 Å². The molecule has 2 aromatic rings. The Morgan fingerprint density at radius 1 is 1.41 bits per heavy atom. The molecule has 0 saturated carbocycles. The summed E-state index contributed by atoms with van der Waals surface area (Å²) in [4.78, 5) is 10.8. The second kappa shape index (κ2) is 5.04. The first kappa shape index (κ1) is 11.7. The van der Waals surface area contributed by atoms with Crippen LogP contribution >= 0.6 is 0 Å². The Morgan fingerprint density at radius 3 is 2.94 bits per heavy atom. The number of hydrogen-bond acceptors (Lipinski definition) is 2. The number of aryl methyl sites for hydroxylation is 1. The van der Waals surface area contributed by atoms with Crippen LogP contribution < -0.4 is 5.32 Å². The third-order valence-electron chi connectivity index (χ3n) is 2.90. The number of rotatable bonds is 4. The van der Waals surface area contributed by atoms with E-state index < -0.39 is 0 Å². The van der Waals surface area contributed by atoms with Gasteiger partial charge in [0.25, 0.3) is 0 Å². The lowest BCUT2D eigenvalue weighted by atomic mass is 10.1. The van der Waals surface area contributed by atoms with Crippen LogP contribution in [0.25, 0.3) is 11.0 Å². The number of fused-ring (bicyclic) bond motifs is 1. The van der Waals surface area contributed by atoms with Gasteiger partial charge in [-0.3, -0.25) is 4.79 Å². The van der Waals surface area contributed by atoms with Crippen molar-refractivity contribution in [1.29, 1.82) is 0 Å². The number of carbonyl (C=O) groups is 1. The molecule has 1 amide bonds. The smallest absolute Gasteiger partial charge is 0.216 e. The molecule has 0 aliphatic rings. The van der Waals surface area contributed by atoms with Crippen molar-refractivity contribution in [3.05, 3.63) is 35.6 Å². The van der Waals surface area contributed by atoms with E-state index in [9.17, 15) is 4.79 Å². The van der Waals surface area contributed by atoms with Crippen molar-refractivity contribution in [2.24, 2.45) is 0 Å². The van der Waals surface area contributed by atoms with Crippen molar-refractivity contribution in [1.82, 2.24) is 5.32 Å². The predicted octanol–water partition coefficient (Wildman–Crippen LogP) is 2.67. The van der Waals surface area contributed by atoms with E-state index in [1.165, 1.54) is 12.5 Å². The van der Waals surface area contributed by atoms with E-state index in [1.807, 2.05) is 0 Å². The summed E-state index contributed by atoms with van der Waals surface area (Å²) in [6, 6.07) is 6.30. The molecule has 0 aliphatic carbocycles. The molecular weight excluding hydrogens is 214 g/mol. The fourth-order valence-corrected chi connectivity index (χ4v) is 1.91. The van der Waals surface area contributed by atoms with E-state index in [0.29, 0.717) is 6.54 Å².